The van der Waals surface area contributed by atoms with Crippen molar-refractivity contribution in [3.05, 3.63) is 5.82 Å². The molecular weight excluding hydrogens is 268 g/mol. The lowest BCUT2D eigenvalue weighted by molar-refractivity contribution is -0.143. The Morgan fingerprint density at radius 2 is 2.00 bits per heavy atom. The Hall–Kier alpha value is -1.46. The van der Waals surface area contributed by atoms with Gasteiger partial charge < -0.3 is 5.11 Å². The van der Waals surface area contributed by atoms with E-state index in [0.717, 1.165) is 17.7 Å². The molecule has 3 atom stereocenters. The van der Waals surface area contributed by atoms with Crippen molar-refractivity contribution in [3.63, 3.8) is 0 Å². The number of tetrazole rings is 1. The Morgan fingerprint density at radius 1 is 1.33 bits per heavy atom. The third-order valence-corrected chi connectivity index (χ3v) is 4.77. The van der Waals surface area contributed by atoms with Gasteiger partial charge in [-0.1, -0.05) is 20.8 Å². The van der Waals surface area contributed by atoms with E-state index in [1.54, 1.807) is 4.68 Å². The van der Waals surface area contributed by atoms with Gasteiger partial charge in [0.1, 0.15) is 0 Å². The Morgan fingerprint density at radius 3 is 2.57 bits per heavy atom. The monoisotopic (exact) mass is 292 g/mol. The second-order valence-corrected chi connectivity index (χ2v) is 7.94. The minimum Gasteiger partial charge on any atom is -0.481 e. The SMILES string of the molecule is CC(C)(C)CC(Cn1nnnc1C1CC2CC2C1)C(=O)O. The first-order chi connectivity index (χ1) is 9.83. The highest BCUT2D eigenvalue weighted by atomic mass is 16.4. The highest BCUT2D eigenvalue weighted by Gasteiger charge is 2.47. The molecule has 21 heavy (non-hydrogen) atoms. The standard InChI is InChI=1S/C15H24N4O2/c1-15(2,3)7-12(14(20)21)8-19-13(16-17-18-19)11-5-9-4-10(9)6-11/h9-12H,4-8H2,1-3H3,(H,20,21). The number of carbonyl (C=O) groups is 1. The van der Waals surface area contributed by atoms with Crippen molar-refractivity contribution < 1.29 is 9.90 Å². The Balaban J connectivity index is 1.71. The van der Waals surface area contributed by atoms with Crippen molar-refractivity contribution in [2.75, 3.05) is 0 Å². The predicted molar refractivity (Wildman–Crippen MR) is 76.6 cm³/mol. The fraction of sp³-hybridized carbons (Fsp3) is 0.867. The van der Waals surface area contributed by atoms with Crippen LogP contribution in [-0.4, -0.2) is 31.3 Å². The van der Waals surface area contributed by atoms with Crippen LogP contribution in [0.3, 0.4) is 0 Å². The number of aliphatic carboxylic acids is 1. The molecule has 0 amide bonds. The second-order valence-electron chi connectivity index (χ2n) is 7.94. The van der Waals surface area contributed by atoms with E-state index in [1.165, 1.54) is 19.3 Å². The van der Waals surface area contributed by atoms with Crippen LogP contribution in [0.2, 0.25) is 0 Å². The third-order valence-electron chi connectivity index (χ3n) is 4.77. The average Bonchev–Trinajstić information content (AvgIpc) is 2.81. The number of fused-ring (bicyclic) bond motifs is 1. The Bertz CT molecular complexity index is 524. The van der Waals surface area contributed by atoms with Gasteiger partial charge in [-0.05, 0) is 53.4 Å². The zero-order chi connectivity index (χ0) is 15.2. The van der Waals surface area contributed by atoms with Crippen molar-refractivity contribution in [2.45, 2.75) is 58.9 Å². The summed E-state index contributed by atoms with van der Waals surface area (Å²) in [5.41, 5.74) is -0.0216. The van der Waals surface area contributed by atoms with Gasteiger partial charge in [0.15, 0.2) is 5.82 Å². The Kier molecular flexibility index (Phi) is 3.50. The van der Waals surface area contributed by atoms with Gasteiger partial charge in [0.25, 0.3) is 0 Å². The minimum atomic E-state index is -0.763. The maximum absolute atomic E-state index is 11.5. The highest BCUT2D eigenvalue weighted by molar-refractivity contribution is 5.69. The van der Waals surface area contributed by atoms with Gasteiger partial charge in [-0.2, -0.15) is 0 Å². The molecular formula is C15H24N4O2. The molecule has 0 bridgehead atoms. The molecule has 6 nitrogen and oxygen atoms in total. The topological polar surface area (TPSA) is 80.9 Å². The normalized spacial score (nSPS) is 29.2. The summed E-state index contributed by atoms with van der Waals surface area (Å²) in [5.74, 6) is 1.84. The van der Waals surface area contributed by atoms with Crippen molar-refractivity contribution in [1.29, 1.82) is 0 Å². The van der Waals surface area contributed by atoms with Crippen molar-refractivity contribution in [3.8, 4) is 0 Å². The predicted octanol–water partition coefficient (Wildman–Crippen LogP) is 2.32. The summed E-state index contributed by atoms with van der Waals surface area (Å²) in [7, 11) is 0. The van der Waals surface area contributed by atoms with E-state index < -0.39 is 11.9 Å². The van der Waals surface area contributed by atoms with Gasteiger partial charge in [-0.15, -0.1) is 5.10 Å². The molecule has 2 fully saturated rings. The van der Waals surface area contributed by atoms with Crippen LogP contribution >= 0.6 is 0 Å². The minimum absolute atomic E-state index is 0.0216. The van der Waals surface area contributed by atoms with Crippen LogP contribution in [0.4, 0.5) is 0 Å². The molecule has 0 aliphatic heterocycles. The maximum atomic E-state index is 11.5. The van der Waals surface area contributed by atoms with E-state index >= 15 is 0 Å². The molecule has 2 aliphatic carbocycles. The molecule has 1 aromatic heterocycles. The molecule has 1 N–H and O–H groups in total. The maximum Gasteiger partial charge on any atom is 0.308 e. The molecule has 0 aromatic carbocycles. The molecule has 2 saturated carbocycles. The summed E-state index contributed by atoms with van der Waals surface area (Å²) in [5, 5.41) is 21.5. The van der Waals surface area contributed by atoms with Gasteiger partial charge in [0.05, 0.1) is 12.5 Å². The second kappa shape index (κ2) is 5.07. The number of carboxylic acids is 1. The lowest BCUT2D eigenvalue weighted by Crippen LogP contribution is -2.27. The number of carboxylic acid groups (broad SMARTS) is 1. The van der Waals surface area contributed by atoms with Gasteiger partial charge >= 0.3 is 5.97 Å². The van der Waals surface area contributed by atoms with Crippen LogP contribution in [0.25, 0.3) is 0 Å². The number of nitrogens with zero attached hydrogens (tertiary/aromatic N) is 4. The number of aromatic nitrogens is 4. The number of rotatable bonds is 5. The zero-order valence-electron chi connectivity index (χ0n) is 13.0. The van der Waals surface area contributed by atoms with E-state index in [1.807, 2.05) is 0 Å². The van der Waals surface area contributed by atoms with Crippen LogP contribution in [-0.2, 0) is 11.3 Å². The van der Waals surface area contributed by atoms with Crippen LogP contribution in [0.1, 0.15) is 58.2 Å². The largest absolute Gasteiger partial charge is 0.481 e. The molecule has 1 heterocycles. The van der Waals surface area contributed by atoms with Gasteiger partial charge in [0, 0.05) is 5.92 Å². The summed E-state index contributed by atoms with van der Waals surface area (Å²) in [6.45, 7) is 6.57. The smallest absolute Gasteiger partial charge is 0.308 e. The van der Waals surface area contributed by atoms with Gasteiger partial charge in [0.2, 0.25) is 0 Å². The molecule has 3 rings (SSSR count). The van der Waals surface area contributed by atoms with E-state index in [9.17, 15) is 9.90 Å². The molecule has 2 aliphatic rings. The molecule has 3 unspecified atom stereocenters. The first-order valence-corrected chi connectivity index (χ1v) is 7.82. The zero-order valence-corrected chi connectivity index (χ0v) is 13.0. The van der Waals surface area contributed by atoms with Crippen LogP contribution in [0.5, 0.6) is 0 Å². The molecule has 0 spiro atoms. The summed E-state index contributed by atoms with van der Waals surface area (Å²) in [4.78, 5) is 11.5. The highest BCUT2D eigenvalue weighted by Crippen LogP contribution is 2.57. The first kappa shape index (κ1) is 14.5. The molecule has 116 valence electrons. The average molecular weight is 292 g/mol. The van der Waals surface area contributed by atoms with E-state index in [0.29, 0.717) is 18.9 Å². The summed E-state index contributed by atoms with van der Waals surface area (Å²) in [6, 6.07) is 0. The lowest BCUT2D eigenvalue weighted by Gasteiger charge is -2.23. The van der Waals surface area contributed by atoms with Crippen molar-refractivity contribution in [2.24, 2.45) is 23.2 Å². The van der Waals surface area contributed by atoms with Gasteiger partial charge in [-0.25, -0.2) is 4.68 Å². The fourth-order valence-electron chi connectivity index (χ4n) is 3.74. The lowest BCUT2D eigenvalue weighted by atomic mass is 9.84. The van der Waals surface area contributed by atoms with Crippen LogP contribution in [0.15, 0.2) is 0 Å². The number of hydrogen-bond acceptors (Lipinski definition) is 4. The van der Waals surface area contributed by atoms with E-state index in [-0.39, 0.29) is 5.41 Å². The summed E-state index contributed by atoms with van der Waals surface area (Å²) < 4.78 is 1.74. The molecule has 0 saturated heterocycles. The summed E-state index contributed by atoms with van der Waals surface area (Å²) in [6.07, 6.45) is 4.32. The summed E-state index contributed by atoms with van der Waals surface area (Å²) >= 11 is 0. The van der Waals surface area contributed by atoms with Crippen LogP contribution in [0, 0.1) is 23.2 Å². The van der Waals surface area contributed by atoms with E-state index in [2.05, 4.69) is 36.3 Å². The quantitative estimate of drug-likeness (QED) is 0.900. The van der Waals surface area contributed by atoms with Crippen molar-refractivity contribution >= 4 is 5.97 Å². The molecule has 0 radical (unpaired) electrons. The van der Waals surface area contributed by atoms with Crippen LogP contribution < -0.4 is 0 Å². The Labute approximate surface area is 124 Å². The van der Waals surface area contributed by atoms with Crippen molar-refractivity contribution in [1.82, 2.24) is 20.2 Å². The number of hydrogen-bond donors (Lipinski definition) is 1. The fourth-order valence-corrected chi connectivity index (χ4v) is 3.74. The molecule has 6 heteroatoms. The molecule has 1 aromatic rings. The third kappa shape index (κ3) is 3.24. The van der Waals surface area contributed by atoms with E-state index in [4.69, 9.17) is 0 Å². The van der Waals surface area contributed by atoms with Gasteiger partial charge in [-0.3, -0.25) is 4.79 Å². The first-order valence-electron chi connectivity index (χ1n) is 7.82.